The molecule has 3 amide bonds. The lowest BCUT2D eigenvalue weighted by molar-refractivity contribution is -0.171. The number of benzene rings is 3. The van der Waals surface area contributed by atoms with E-state index in [0.717, 1.165) is 16.7 Å². The van der Waals surface area contributed by atoms with Crippen LogP contribution in [0.25, 0.3) is 0 Å². The average molecular weight is 778 g/mol. The molecule has 57 heavy (non-hydrogen) atoms. The number of hydrogen-bond donors (Lipinski definition) is 3. The summed E-state index contributed by atoms with van der Waals surface area (Å²) in [5.41, 5.74) is -2.33. The van der Waals surface area contributed by atoms with Crippen LogP contribution in [0.3, 0.4) is 0 Å². The van der Waals surface area contributed by atoms with Crippen LogP contribution >= 0.6 is 0 Å². The maximum Gasteiger partial charge on any atom is 0.332 e. The highest BCUT2D eigenvalue weighted by Crippen LogP contribution is 2.36. The van der Waals surface area contributed by atoms with E-state index in [2.05, 4.69) is 16.0 Å². The molecule has 3 atom stereocenters. The fourth-order valence-corrected chi connectivity index (χ4v) is 8.80. The van der Waals surface area contributed by atoms with Crippen molar-refractivity contribution in [2.24, 2.45) is 0 Å². The van der Waals surface area contributed by atoms with E-state index in [0.29, 0.717) is 38.5 Å². The Hall–Kier alpha value is -5.52. The topological polar surface area (TPSA) is 166 Å². The molecule has 300 valence electrons. The molecule has 0 unspecified atom stereocenters. The molecule has 0 aromatic heterocycles. The quantitative estimate of drug-likeness (QED) is 0.237. The second-order valence-electron chi connectivity index (χ2n) is 16.1. The van der Waals surface area contributed by atoms with Crippen LogP contribution in [0, 0.1) is 0 Å². The highest BCUT2D eigenvalue weighted by Gasteiger charge is 2.52. The van der Waals surface area contributed by atoms with Crippen LogP contribution in [0.2, 0.25) is 0 Å². The molecular weight excluding hydrogens is 727 g/mol. The summed E-state index contributed by atoms with van der Waals surface area (Å²) in [4.78, 5) is 86.5. The summed E-state index contributed by atoms with van der Waals surface area (Å²) in [6, 6.07) is 27.2. The molecular formula is C45H51N3O9. The predicted octanol–water partition coefficient (Wildman–Crippen LogP) is 4.75. The van der Waals surface area contributed by atoms with Gasteiger partial charge in [-0.15, -0.1) is 0 Å². The smallest absolute Gasteiger partial charge is 0.332 e. The molecule has 12 heteroatoms. The number of esters is 3. The molecule has 4 aliphatic rings. The summed E-state index contributed by atoms with van der Waals surface area (Å²) in [6.07, 6.45) is 1.08. The first-order chi connectivity index (χ1) is 27.6. The number of amides is 3. The van der Waals surface area contributed by atoms with Gasteiger partial charge < -0.3 is 30.2 Å². The molecule has 4 fully saturated rings. The molecule has 12 nitrogen and oxygen atoms in total. The molecule has 3 aromatic carbocycles. The van der Waals surface area contributed by atoms with Gasteiger partial charge in [-0.1, -0.05) is 130 Å². The van der Waals surface area contributed by atoms with Gasteiger partial charge in [-0.25, -0.2) is 14.4 Å². The highest BCUT2D eigenvalue weighted by atomic mass is 16.6. The summed E-state index contributed by atoms with van der Waals surface area (Å²) >= 11 is 0. The van der Waals surface area contributed by atoms with Gasteiger partial charge in [0.2, 0.25) is 0 Å². The summed E-state index contributed by atoms with van der Waals surface area (Å²) < 4.78 is 18.3. The van der Waals surface area contributed by atoms with Crippen molar-refractivity contribution < 1.29 is 43.0 Å². The normalized spacial score (nSPS) is 25.2. The molecule has 3 spiro atoms. The van der Waals surface area contributed by atoms with Crippen LogP contribution in [-0.4, -0.2) is 70.6 Å². The van der Waals surface area contributed by atoms with Crippen LogP contribution in [0.4, 0.5) is 0 Å². The lowest BCUT2D eigenvalue weighted by Crippen LogP contribution is -2.62. The minimum atomic E-state index is -1.49. The molecule has 3 saturated carbocycles. The second-order valence-corrected chi connectivity index (χ2v) is 16.1. The van der Waals surface area contributed by atoms with Gasteiger partial charge >= 0.3 is 17.9 Å². The van der Waals surface area contributed by atoms with Crippen molar-refractivity contribution in [2.75, 3.05) is 0 Å². The third-order valence-corrected chi connectivity index (χ3v) is 12.0. The van der Waals surface area contributed by atoms with Gasteiger partial charge in [0, 0.05) is 19.3 Å². The van der Waals surface area contributed by atoms with Crippen molar-refractivity contribution >= 4 is 35.6 Å². The Kier molecular flexibility index (Phi) is 12.1. The molecule has 7 rings (SSSR count). The monoisotopic (exact) mass is 777 g/mol. The number of carbonyl (C=O) groups excluding carboxylic acids is 6. The Morgan fingerprint density at radius 2 is 0.614 bits per heavy atom. The van der Waals surface area contributed by atoms with Gasteiger partial charge in [0.1, 0.15) is 16.6 Å². The van der Waals surface area contributed by atoms with E-state index in [-0.39, 0.29) is 57.8 Å². The zero-order valence-electron chi connectivity index (χ0n) is 32.2. The first-order valence-corrected chi connectivity index (χ1v) is 20.3. The van der Waals surface area contributed by atoms with E-state index in [4.69, 9.17) is 14.2 Å². The van der Waals surface area contributed by atoms with Crippen molar-refractivity contribution in [2.45, 2.75) is 131 Å². The summed E-state index contributed by atoms with van der Waals surface area (Å²) in [5, 5.41) is 8.79. The minimum absolute atomic E-state index is 0.00291. The van der Waals surface area contributed by atoms with Crippen LogP contribution in [0.15, 0.2) is 91.0 Å². The SMILES string of the molecule is O=C1NC2(CCCC2)C(=O)O[C@H](Cc2ccccc2)C(=O)NC2(CCCC2)C(=O)O[C@@H](Cc2ccccc2)C(=O)NC2(CCCC2)C(=O)O[C@H]1Cc1ccccc1. The fraction of sp³-hybridized carbons (Fsp3) is 0.467. The number of hydrogen-bond acceptors (Lipinski definition) is 9. The van der Waals surface area contributed by atoms with E-state index in [1.807, 2.05) is 91.0 Å². The van der Waals surface area contributed by atoms with Gasteiger partial charge in [-0.05, 0) is 55.2 Å². The largest absolute Gasteiger partial charge is 0.450 e. The summed E-state index contributed by atoms with van der Waals surface area (Å²) in [6.45, 7) is 0. The number of carbonyl (C=O) groups is 6. The van der Waals surface area contributed by atoms with Crippen molar-refractivity contribution in [3.63, 3.8) is 0 Å². The standard InChI is InChI=1S/C45H51N3O9/c49-37-34(28-31-16-4-1-5-17-31)55-40(52)43(22-10-11-23-43)47-38(50)35(29-32-18-6-2-7-19-32)57-42(54)45(26-14-15-27-45)48-39(51)36(30-33-20-8-3-9-21-33)56-41(53)44(46-37)24-12-13-25-44/h1-9,16-21,34-36H,10-15,22-30H2,(H,46,49)(H,47,50)(H,48,51)/t34-,35-,36+/m0/s1. The van der Waals surface area contributed by atoms with Crippen LogP contribution in [0.1, 0.15) is 93.7 Å². The van der Waals surface area contributed by atoms with Crippen LogP contribution < -0.4 is 16.0 Å². The van der Waals surface area contributed by atoms with Crippen LogP contribution in [0.5, 0.6) is 0 Å². The third-order valence-electron chi connectivity index (χ3n) is 12.0. The fourth-order valence-electron chi connectivity index (χ4n) is 8.80. The van der Waals surface area contributed by atoms with Gasteiger partial charge in [0.05, 0.1) is 0 Å². The number of rotatable bonds is 6. The summed E-state index contributed by atoms with van der Waals surface area (Å²) in [5.74, 6) is -4.38. The molecule has 0 bridgehead atoms. The van der Waals surface area contributed by atoms with Gasteiger partial charge in [0.25, 0.3) is 17.7 Å². The van der Waals surface area contributed by atoms with Crippen molar-refractivity contribution in [3.8, 4) is 0 Å². The average Bonchev–Trinajstić information content (AvgIpc) is 4.01. The van der Waals surface area contributed by atoms with Crippen LogP contribution in [-0.2, 0) is 62.2 Å². The Morgan fingerprint density at radius 3 is 0.842 bits per heavy atom. The lowest BCUT2D eigenvalue weighted by Gasteiger charge is -2.36. The van der Waals surface area contributed by atoms with E-state index < -0.39 is 70.6 Å². The van der Waals surface area contributed by atoms with Crippen molar-refractivity contribution in [1.82, 2.24) is 16.0 Å². The Labute approximate surface area is 332 Å². The third kappa shape index (κ3) is 9.05. The lowest BCUT2D eigenvalue weighted by atomic mass is 9.94. The Morgan fingerprint density at radius 1 is 0.386 bits per heavy atom. The zero-order valence-corrected chi connectivity index (χ0v) is 32.2. The minimum Gasteiger partial charge on any atom is -0.450 e. The van der Waals surface area contributed by atoms with E-state index in [1.165, 1.54) is 0 Å². The molecule has 0 radical (unpaired) electrons. The van der Waals surface area contributed by atoms with Crippen molar-refractivity contribution in [3.05, 3.63) is 108 Å². The maximum atomic E-state index is 14.4. The Bertz CT molecular complexity index is 1700. The molecule has 3 aromatic rings. The maximum absolute atomic E-state index is 14.4. The zero-order chi connectivity index (χ0) is 39.9. The Balaban J connectivity index is 1.29. The molecule has 1 aliphatic heterocycles. The number of nitrogens with one attached hydrogen (secondary N) is 3. The second kappa shape index (κ2) is 17.3. The van der Waals surface area contributed by atoms with Gasteiger partial charge in [-0.3, -0.25) is 14.4 Å². The van der Waals surface area contributed by atoms with E-state index in [9.17, 15) is 28.8 Å². The first kappa shape index (κ1) is 39.7. The molecule has 1 heterocycles. The van der Waals surface area contributed by atoms with Gasteiger partial charge in [-0.2, -0.15) is 0 Å². The highest BCUT2D eigenvalue weighted by molar-refractivity contribution is 5.97. The molecule has 1 saturated heterocycles. The van der Waals surface area contributed by atoms with E-state index >= 15 is 0 Å². The summed E-state index contributed by atoms with van der Waals surface area (Å²) in [7, 11) is 0. The van der Waals surface area contributed by atoms with E-state index in [1.54, 1.807) is 0 Å². The molecule has 3 aliphatic carbocycles. The number of cyclic esters (lactones) is 3. The molecule has 3 N–H and O–H groups in total. The number of ether oxygens (including phenoxy) is 3. The predicted molar refractivity (Wildman–Crippen MR) is 208 cm³/mol. The first-order valence-electron chi connectivity index (χ1n) is 20.3. The van der Waals surface area contributed by atoms with Gasteiger partial charge in [0.15, 0.2) is 18.3 Å². The van der Waals surface area contributed by atoms with Crippen molar-refractivity contribution in [1.29, 1.82) is 0 Å².